The number of ether oxygens (including phenoxy) is 3. The van der Waals surface area contributed by atoms with Crippen LogP contribution in [0, 0.1) is 0 Å². The predicted molar refractivity (Wildman–Crippen MR) is 116 cm³/mol. The van der Waals surface area contributed by atoms with Gasteiger partial charge in [-0.1, -0.05) is 6.92 Å². The van der Waals surface area contributed by atoms with E-state index in [4.69, 9.17) is 24.9 Å². The number of cyclic esters (lactones) is 1. The highest BCUT2D eigenvalue weighted by molar-refractivity contribution is 5.95. The lowest BCUT2D eigenvalue weighted by Crippen LogP contribution is -2.44. The van der Waals surface area contributed by atoms with Gasteiger partial charge in [-0.15, -0.1) is 0 Å². The number of carbonyl (C=O) groups is 1. The Morgan fingerprint density at radius 2 is 2.06 bits per heavy atom. The number of esters is 1. The highest BCUT2D eigenvalue weighted by Gasteiger charge is 2.46. The number of hydrogen-bond donors (Lipinski definition) is 2. The average Bonchev–Trinajstić information content (AvgIpc) is 3.43. The number of aromatic nitrogens is 2. The summed E-state index contributed by atoms with van der Waals surface area (Å²) in [6.45, 7) is 2.04. The van der Waals surface area contributed by atoms with Crippen molar-refractivity contribution in [2.24, 2.45) is 5.73 Å². The van der Waals surface area contributed by atoms with Crippen molar-refractivity contribution in [3.05, 3.63) is 50.3 Å². The first-order valence-corrected chi connectivity index (χ1v) is 11.1. The first kappa shape index (κ1) is 19.1. The van der Waals surface area contributed by atoms with E-state index in [1.165, 1.54) is 0 Å². The molecule has 0 radical (unpaired) electrons. The molecule has 9 heteroatoms. The second-order valence-electron chi connectivity index (χ2n) is 9.08. The molecule has 9 nitrogen and oxygen atoms in total. The minimum Gasteiger partial charge on any atom is -0.458 e. The third-order valence-electron chi connectivity index (χ3n) is 7.53. The van der Waals surface area contributed by atoms with E-state index in [0.717, 1.165) is 46.2 Å². The highest BCUT2D eigenvalue weighted by Crippen LogP contribution is 2.49. The predicted octanol–water partition coefficient (Wildman–Crippen LogP) is 1.75. The fourth-order valence-corrected chi connectivity index (χ4v) is 5.83. The van der Waals surface area contributed by atoms with Crippen LogP contribution < -0.4 is 20.8 Å². The van der Waals surface area contributed by atoms with Gasteiger partial charge >= 0.3 is 5.97 Å². The second kappa shape index (κ2) is 6.12. The standard InChI is InChI=1S/C24H21N3O6/c1-2-24(30)13-5-16-20-11(7-27(16)22(28)12(13)8-31-23(24)29)18-14(25)4-3-10-19(18)15(26-20)6-17-21(10)33-9-32-17/h5-6,14,30H,2-4,7-9,25H2,1H3. The summed E-state index contributed by atoms with van der Waals surface area (Å²) < 4.78 is 18.2. The lowest BCUT2D eigenvalue weighted by molar-refractivity contribution is -0.172. The molecule has 3 aliphatic heterocycles. The Hall–Kier alpha value is -3.43. The van der Waals surface area contributed by atoms with Gasteiger partial charge in [-0.3, -0.25) is 4.79 Å². The molecule has 0 saturated heterocycles. The zero-order valence-electron chi connectivity index (χ0n) is 17.9. The molecule has 0 fully saturated rings. The maximum absolute atomic E-state index is 13.5. The van der Waals surface area contributed by atoms with Crippen molar-refractivity contribution in [3.8, 4) is 22.9 Å². The molecule has 3 aromatic rings. The average molecular weight is 447 g/mol. The zero-order chi connectivity index (χ0) is 22.6. The van der Waals surface area contributed by atoms with E-state index in [-0.39, 0.29) is 31.4 Å². The van der Waals surface area contributed by atoms with Crippen LogP contribution in [-0.2, 0) is 34.7 Å². The van der Waals surface area contributed by atoms with Gasteiger partial charge in [-0.05, 0) is 30.9 Å². The van der Waals surface area contributed by atoms with E-state index < -0.39 is 11.6 Å². The summed E-state index contributed by atoms with van der Waals surface area (Å²) in [4.78, 5) is 30.8. The maximum atomic E-state index is 13.5. The first-order valence-electron chi connectivity index (χ1n) is 11.1. The fraction of sp³-hybridized carbons (Fsp3) is 0.375. The topological polar surface area (TPSA) is 126 Å². The van der Waals surface area contributed by atoms with Gasteiger partial charge in [0, 0.05) is 34.2 Å². The number of pyridine rings is 2. The summed E-state index contributed by atoms with van der Waals surface area (Å²) >= 11 is 0. The number of fused-ring (bicyclic) bond motifs is 7. The number of hydrogen-bond acceptors (Lipinski definition) is 8. The van der Waals surface area contributed by atoms with Crippen LogP contribution in [0.5, 0.6) is 11.5 Å². The van der Waals surface area contributed by atoms with Crippen LogP contribution >= 0.6 is 0 Å². The number of nitrogens with two attached hydrogens (primary N) is 1. The van der Waals surface area contributed by atoms with Gasteiger partial charge in [0.25, 0.3) is 5.56 Å². The molecule has 5 heterocycles. The third-order valence-corrected chi connectivity index (χ3v) is 7.53. The normalized spacial score (nSPS) is 23.8. The summed E-state index contributed by atoms with van der Waals surface area (Å²) in [5.41, 5.74) is 9.98. The van der Waals surface area contributed by atoms with Gasteiger partial charge < -0.3 is 29.6 Å². The Balaban J connectivity index is 1.56. The van der Waals surface area contributed by atoms with E-state index in [9.17, 15) is 14.7 Å². The van der Waals surface area contributed by atoms with E-state index in [1.54, 1.807) is 17.6 Å². The van der Waals surface area contributed by atoms with Crippen LogP contribution in [0.15, 0.2) is 16.9 Å². The summed E-state index contributed by atoms with van der Waals surface area (Å²) in [5.74, 6) is 0.681. The van der Waals surface area contributed by atoms with E-state index in [2.05, 4.69) is 0 Å². The number of carbonyl (C=O) groups excluding carboxylic acids is 1. The Labute approximate surface area is 187 Å². The van der Waals surface area contributed by atoms with Crippen molar-refractivity contribution in [1.82, 2.24) is 9.55 Å². The first-order chi connectivity index (χ1) is 15.9. The lowest BCUT2D eigenvalue weighted by atomic mass is 9.83. The van der Waals surface area contributed by atoms with Crippen LogP contribution in [0.25, 0.3) is 22.3 Å². The Morgan fingerprint density at radius 1 is 1.21 bits per heavy atom. The molecule has 0 spiro atoms. The Kier molecular flexibility index (Phi) is 3.54. The highest BCUT2D eigenvalue weighted by atomic mass is 16.7. The zero-order valence-corrected chi connectivity index (χ0v) is 17.9. The van der Waals surface area contributed by atoms with Crippen molar-refractivity contribution in [1.29, 1.82) is 0 Å². The Morgan fingerprint density at radius 3 is 2.88 bits per heavy atom. The van der Waals surface area contributed by atoms with Crippen molar-refractivity contribution >= 4 is 16.9 Å². The molecule has 3 N–H and O–H groups in total. The maximum Gasteiger partial charge on any atom is 0.343 e. The molecule has 0 bridgehead atoms. The smallest absolute Gasteiger partial charge is 0.343 e. The summed E-state index contributed by atoms with van der Waals surface area (Å²) in [5, 5.41) is 12.1. The van der Waals surface area contributed by atoms with Crippen molar-refractivity contribution in [2.45, 2.75) is 51.0 Å². The van der Waals surface area contributed by atoms with E-state index in [1.807, 2.05) is 6.07 Å². The van der Waals surface area contributed by atoms with Crippen LogP contribution in [-0.4, -0.2) is 27.4 Å². The molecule has 1 aromatic carbocycles. The van der Waals surface area contributed by atoms with Gasteiger partial charge in [0.05, 0.1) is 29.0 Å². The molecule has 168 valence electrons. The van der Waals surface area contributed by atoms with Crippen LogP contribution in [0.3, 0.4) is 0 Å². The van der Waals surface area contributed by atoms with Gasteiger partial charge in [-0.25, -0.2) is 9.78 Å². The molecular formula is C24H21N3O6. The SMILES string of the molecule is CCC1(O)C(=O)OCc2c1cc1n(c2=O)Cc2c-1nc1cc3c(c4c1c2C(N)CC4)OCO3. The van der Waals surface area contributed by atoms with Gasteiger partial charge in [0.2, 0.25) is 6.79 Å². The van der Waals surface area contributed by atoms with Gasteiger partial charge in [0.1, 0.15) is 6.61 Å². The quantitative estimate of drug-likeness (QED) is 0.423. The lowest BCUT2D eigenvalue weighted by Gasteiger charge is -2.31. The van der Waals surface area contributed by atoms with Crippen molar-refractivity contribution < 1.29 is 24.1 Å². The van der Waals surface area contributed by atoms with Crippen LogP contribution in [0.4, 0.5) is 0 Å². The molecule has 2 aromatic heterocycles. The third kappa shape index (κ3) is 2.21. The molecular weight excluding hydrogens is 426 g/mol. The van der Waals surface area contributed by atoms with Crippen molar-refractivity contribution in [2.75, 3.05) is 6.79 Å². The second-order valence-corrected chi connectivity index (χ2v) is 9.08. The van der Waals surface area contributed by atoms with E-state index in [0.29, 0.717) is 34.8 Å². The van der Waals surface area contributed by atoms with Crippen LogP contribution in [0.1, 0.15) is 53.6 Å². The minimum atomic E-state index is -1.86. The number of benzene rings is 1. The summed E-state index contributed by atoms with van der Waals surface area (Å²) in [6, 6.07) is 3.39. The number of nitrogens with zero attached hydrogens (tertiary/aromatic N) is 2. The largest absolute Gasteiger partial charge is 0.458 e. The van der Waals surface area contributed by atoms with Gasteiger partial charge in [0.15, 0.2) is 17.1 Å². The molecule has 2 unspecified atom stereocenters. The molecule has 4 aliphatic rings. The number of aryl methyl sites for hydroxylation is 1. The molecule has 33 heavy (non-hydrogen) atoms. The molecule has 7 rings (SSSR count). The molecule has 0 amide bonds. The van der Waals surface area contributed by atoms with E-state index >= 15 is 0 Å². The summed E-state index contributed by atoms with van der Waals surface area (Å²) in [7, 11) is 0. The Bertz CT molecular complexity index is 1490. The monoisotopic (exact) mass is 447 g/mol. The number of aliphatic hydroxyl groups is 1. The molecule has 2 atom stereocenters. The van der Waals surface area contributed by atoms with Gasteiger partial charge in [-0.2, -0.15) is 0 Å². The van der Waals surface area contributed by atoms with Crippen molar-refractivity contribution in [3.63, 3.8) is 0 Å². The van der Waals surface area contributed by atoms with Crippen LogP contribution in [0.2, 0.25) is 0 Å². The summed E-state index contributed by atoms with van der Waals surface area (Å²) in [6.07, 6.45) is 1.61. The minimum absolute atomic E-state index is 0.0999. The number of rotatable bonds is 1. The fourth-order valence-electron chi connectivity index (χ4n) is 5.83. The molecule has 1 aliphatic carbocycles. The molecule has 0 saturated carbocycles.